The van der Waals surface area contributed by atoms with Crippen molar-refractivity contribution < 1.29 is 33.0 Å². The second kappa shape index (κ2) is 10.8. The van der Waals surface area contributed by atoms with Gasteiger partial charge in [-0.05, 0) is 36.6 Å². The average molecular weight is 488 g/mol. The minimum Gasteiger partial charge on any atom is -0.502 e. The van der Waals surface area contributed by atoms with Crippen LogP contribution in [0.25, 0.3) is 11.4 Å². The van der Waals surface area contributed by atoms with Crippen LogP contribution in [-0.4, -0.2) is 59.7 Å². The molecule has 0 aliphatic rings. The Bertz CT molecular complexity index is 1260. The van der Waals surface area contributed by atoms with E-state index in [4.69, 9.17) is 14.0 Å². The molecule has 178 valence electrons. The number of aliphatic imine (C=N–C) groups is 2. The van der Waals surface area contributed by atoms with Crippen molar-refractivity contribution in [1.29, 1.82) is 0 Å². The van der Waals surface area contributed by atoms with Gasteiger partial charge in [-0.3, -0.25) is 0 Å². The summed E-state index contributed by atoms with van der Waals surface area (Å²) in [6, 6.07) is 8.01. The highest BCUT2D eigenvalue weighted by atomic mass is 32.2. The van der Waals surface area contributed by atoms with Gasteiger partial charge in [-0.25, -0.2) is 14.2 Å². The minimum atomic E-state index is -1.03. The number of phenolic OH excluding ortho intramolecular Hbond substituents is 1. The van der Waals surface area contributed by atoms with E-state index in [1.165, 1.54) is 27.4 Å². The van der Waals surface area contributed by atoms with Crippen molar-refractivity contribution in [2.75, 3.05) is 27.6 Å². The number of carbonyl (C=O) groups is 1. The highest BCUT2D eigenvalue weighted by Crippen LogP contribution is 2.41. The van der Waals surface area contributed by atoms with Crippen molar-refractivity contribution in [2.45, 2.75) is 6.92 Å². The molecule has 0 aliphatic carbocycles. The van der Waals surface area contributed by atoms with Crippen LogP contribution in [-0.2, 0) is 4.74 Å². The van der Waals surface area contributed by atoms with Gasteiger partial charge < -0.3 is 23.8 Å². The number of ether oxygens (including phenoxy) is 3. The second-order valence-corrected chi connectivity index (χ2v) is 7.35. The molecule has 3 rings (SSSR count). The zero-order valence-electron chi connectivity index (χ0n) is 19.0. The van der Waals surface area contributed by atoms with Gasteiger partial charge in [0.2, 0.25) is 17.5 Å². The first-order chi connectivity index (χ1) is 16.3. The zero-order chi connectivity index (χ0) is 24.8. The van der Waals surface area contributed by atoms with Gasteiger partial charge in [0.1, 0.15) is 10.8 Å². The molecule has 0 atom stereocenters. The van der Waals surface area contributed by atoms with E-state index in [0.717, 1.165) is 11.8 Å². The number of benzene rings is 2. The highest BCUT2D eigenvalue weighted by molar-refractivity contribution is 8.15. The van der Waals surface area contributed by atoms with Gasteiger partial charge in [0.25, 0.3) is 0 Å². The number of nitrogens with zero attached hydrogens (tertiary/aromatic N) is 4. The molecule has 0 saturated heterocycles. The monoisotopic (exact) mass is 488 g/mol. The van der Waals surface area contributed by atoms with Crippen molar-refractivity contribution >= 4 is 34.3 Å². The van der Waals surface area contributed by atoms with Gasteiger partial charge in [-0.2, -0.15) is 9.98 Å². The van der Waals surface area contributed by atoms with Crippen LogP contribution in [0.4, 0.5) is 14.9 Å². The largest absolute Gasteiger partial charge is 0.502 e. The maximum Gasteiger partial charge on any atom is 0.434 e. The first kappa shape index (κ1) is 24.7. The summed E-state index contributed by atoms with van der Waals surface area (Å²) < 4.78 is 35.1. The van der Waals surface area contributed by atoms with E-state index < -0.39 is 17.7 Å². The Balaban J connectivity index is 2.19. The molecular weight excluding hydrogens is 467 g/mol. The Morgan fingerprint density at radius 1 is 1.18 bits per heavy atom. The predicted octanol–water partition coefficient (Wildman–Crippen LogP) is 4.56. The average Bonchev–Trinajstić information content (AvgIpc) is 3.29. The van der Waals surface area contributed by atoms with E-state index in [0.29, 0.717) is 23.0 Å². The lowest BCUT2D eigenvalue weighted by Crippen LogP contribution is -2.16. The van der Waals surface area contributed by atoms with E-state index in [2.05, 4.69) is 24.9 Å². The zero-order valence-corrected chi connectivity index (χ0v) is 19.8. The molecule has 1 heterocycles. The van der Waals surface area contributed by atoms with Crippen LogP contribution in [0, 0.1) is 12.7 Å². The molecule has 0 fully saturated rings. The lowest BCUT2D eigenvalue weighted by molar-refractivity contribution is 0.183. The van der Waals surface area contributed by atoms with Gasteiger partial charge in [0.05, 0.1) is 27.0 Å². The van der Waals surface area contributed by atoms with Crippen LogP contribution in [0.1, 0.15) is 11.5 Å². The molecule has 0 radical (unpaired) electrons. The number of thioether (sulfide) groups is 1. The van der Waals surface area contributed by atoms with Gasteiger partial charge in [0.15, 0.2) is 17.3 Å². The number of halogens is 1. The Hall–Kier alpha value is -3.93. The highest BCUT2D eigenvalue weighted by Gasteiger charge is 2.25. The number of aromatic nitrogens is 2. The van der Waals surface area contributed by atoms with Crippen molar-refractivity contribution in [3.05, 3.63) is 47.6 Å². The number of rotatable bonds is 6. The molecule has 34 heavy (non-hydrogen) atoms. The van der Waals surface area contributed by atoms with Gasteiger partial charge in [0, 0.05) is 18.1 Å². The molecule has 0 saturated carbocycles. The fourth-order valence-electron chi connectivity index (χ4n) is 2.90. The van der Waals surface area contributed by atoms with Crippen molar-refractivity contribution in [2.24, 2.45) is 9.98 Å². The van der Waals surface area contributed by atoms with Crippen LogP contribution < -0.4 is 9.47 Å². The van der Waals surface area contributed by atoms with Gasteiger partial charge in [-0.1, -0.05) is 5.16 Å². The minimum absolute atomic E-state index is 0.0326. The molecule has 0 aliphatic heterocycles. The molecule has 12 heteroatoms. The standard InChI is InChI=1S/C22H21FN4O6S/c1-11-24-20(27-33-11)12-6-8-13(9-7-12)25-17(21(34-5)26-22(29)32-4)14-10-15(30-2)19(31-3)18(28)16(14)23/h6-10,28H,1-5H3. The number of aryl methyl sites for hydroxylation is 1. The van der Waals surface area contributed by atoms with E-state index in [1.807, 2.05) is 0 Å². The lowest BCUT2D eigenvalue weighted by atomic mass is 10.1. The summed E-state index contributed by atoms with van der Waals surface area (Å²) in [6.07, 6.45) is 0.738. The topological polar surface area (TPSA) is 129 Å². The van der Waals surface area contributed by atoms with Crippen LogP contribution >= 0.6 is 11.8 Å². The molecule has 1 aromatic heterocycles. The Morgan fingerprint density at radius 2 is 1.88 bits per heavy atom. The number of hydrogen-bond donors (Lipinski definition) is 1. The molecule has 10 nitrogen and oxygen atoms in total. The molecule has 1 amide bonds. The predicted molar refractivity (Wildman–Crippen MR) is 125 cm³/mol. The van der Waals surface area contributed by atoms with E-state index >= 15 is 4.39 Å². The molecule has 0 spiro atoms. The molecule has 3 aromatic rings. The number of methoxy groups -OCH3 is 3. The fourth-order valence-corrected chi connectivity index (χ4v) is 3.42. The quantitative estimate of drug-likeness (QED) is 0.392. The number of hydrogen-bond acceptors (Lipinski definition) is 10. The Kier molecular flexibility index (Phi) is 7.84. The summed E-state index contributed by atoms with van der Waals surface area (Å²) in [6.45, 7) is 1.68. The maximum absolute atomic E-state index is 15.2. The second-order valence-electron chi connectivity index (χ2n) is 6.56. The van der Waals surface area contributed by atoms with E-state index in [1.54, 1.807) is 37.4 Å². The first-order valence-electron chi connectivity index (χ1n) is 9.67. The maximum atomic E-state index is 15.2. The van der Waals surface area contributed by atoms with Crippen molar-refractivity contribution in [3.63, 3.8) is 0 Å². The summed E-state index contributed by atoms with van der Waals surface area (Å²) in [5.41, 5.74) is 0.889. The summed E-state index contributed by atoms with van der Waals surface area (Å²) in [5.74, 6) is -1.09. The smallest absolute Gasteiger partial charge is 0.434 e. The lowest BCUT2D eigenvalue weighted by Gasteiger charge is -2.15. The van der Waals surface area contributed by atoms with E-state index in [-0.39, 0.29) is 27.8 Å². The van der Waals surface area contributed by atoms with Crippen LogP contribution in [0.5, 0.6) is 17.2 Å². The van der Waals surface area contributed by atoms with Crippen molar-refractivity contribution in [3.8, 4) is 28.6 Å². The number of phenols is 1. The summed E-state index contributed by atoms with van der Waals surface area (Å²) in [4.78, 5) is 24.4. The SMILES string of the molecule is COC(=O)N=C(SC)C(=Nc1ccc(-c2noc(C)n2)cc1)c1cc(OC)c(OC)c(O)c1F. The number of aromatic hydroxyl groups is 1. The molecule has 1 N–H and O–H groups in total. The van der Waals surface area contributed by atoms with Crippen molar-refractivity contribution in [1.82, 2.24) is 10.1 Å². The molecule has 0 bridgehead atoms. The fraction of sp³-hybridized carbons (Fsp3) is 0.227. The first-order valence-corrected chi connectivity index (χ1v) is 10.9. The van der Waals surface area contributed by atoms with Crippen LogP contribution in [0.3, 0.4) is 0 Å². The third kappa shape index (κ3) is 5.17. The normalized spacial score (nSPS) is 11.9. The van der Waals surface area contributed by atoms with Crippen LogP contribution in [0.2, 0.25) is 0 Å². The number of amides is 1. The Labute approximate surface area is 198 Å². The third-order valence-electron chi connectivity index (χ3n) is 4.50. The summed E-state index contributed by atoms with van der Waals surface area (Å²) in [5, 5.41) is 14.3. The Morgan fingerprint density at radius 3 is 2.41 bits per heavy atom. The summed E-state index contributed by atoms with van der Waals surface area (Å²) in [7, 11) is 3.78. The molecule has 0 unspecified atom stereocenters. The van der Waals surface area contributed by atoms with Gasteiger partial charge >= 0.3 is 6.09 Å². The van der Waals surface area contributed by atoms with Gasteiger partial charge in [-0.15, -0.1) is 11.8 Å². The third-order valence-corrected chi connectivity index (χ3v) is 5.17. The number of carbonyl (C=O) groups excluding carboxylic acids is 1. The molecular formula is C22H21FN4O6S. The van der Waals surface area contributed by atoms with Crippen LogP contribution in [0.15, 0.2) is 44.8 Å². The van der Waals surface area contributed by atoms with E-state index in [9.17, 15) is 9.90 Å². The summed E-state index contributed by atoms with van der Waals surface area (Å²) >= 11 is 1.04. The molecule has 2 aromatic carbocycles.